The number of rotatable bonds is 4. The quantitative estimate of drug-likeness (QED) is 0.806. The van der Waals surface area contributed by atoms with Gasteiger partial charge in [0.15, 0.2) is 5.65 Å². The highest BCUT2D eigenvalue weighted by atomic mass is 15.4. The van der Waals surface area contributed by atoms with Gasteiger partial charge in [-0.3, -0.25) is 4.90 Å². The number of hydrogen-bond donors (Lipinski definition) is 1. The van der Waals surface area contributed by atoms with Crippen LogP contribution < -0.4 is 5.32 Å². The first-order valence-corrected chi connectivity index (χ1v) is 6.20. The molecule has 2 aromatic heterocycles. The molecule has 0 spiro atoms. The van der Waals surface area contributed by atoms with Gasteiger partial charge in [-0.25, -0.2) is 0 Å². The molecule has 6 nitrogen and oxygen atoms in total. The zero-order valence-corrected chi connectivity index (χ0v) is 10.2. The van der Waals surface area contributed by atoms with Gasteiger partial charge in [0.05, 0.1) is 0 Å². The fraction of sp³-hybridized carbons (Fsp3) is 0.417. The molecule has 0 atom stereocenters. The number of hydrogen-bond acceptors (Lipinski definition) is 5. The van der Waals surface area contributed by atoms with Gasteiger partial charge in [0.2, 0.25) is 0 Å². The molecule has 0 aliphatic carbocycles. The summed E-state index contributed by atoms with van der Waals surface area (Å²) in [4.78, 5) is 2.42. The van der Waals surface area contributed by atoms with E-state index in [1.807, 2.05) is 12.1 Å². The first-order chi connectivity index (χ1) is 8.92. The molecule has 3 heterocycles. The van der Waals surface area contributed by atoms with E-state index in [2.05, 4.69) is 37.7 Å². The summed E-state index contributed by atoms with van der Waals surface area (Å²) in [6.45, 7) is 4.14. The molecule has 0 saturated heterocycles. The van der Waals surface area contributed by atoms with Gasteiger partial charge in [-0.15, -0.1) is 15.3 Å². The smallest absolute Gasteiger partial charge is 0.177 e. The van der Waals surface area contributed by atoms with E-state index in [9.17, 15) is 0 Å². The molecule has 1 aliphatic rings. The van der Waals surface area contributed by atoms with Crippen LogP contribution in [0, 0.1) is 0 Å². The Morgan fingerprint density at radius 2 is 2.28 bits per heavy atom. The lowest BCUT2D eigenvalue weighted by molar-refractivity contribution is 0.310. The predicted octanol–water partition coefficient (Wildman–Crippen LogP) is 0.798. The average Bonchev–Trinajstić information content (AvgIpc) is 2.87. The van der Waals surface area contributed by atoms with E-state index >= 15 is 0 Å². The van der Waals surface area contributed by atoms with Crippen molar-refractivity contribution in [3.8, 4) is 0 Å². The van der Waals surface area contributed by atoms with E-state index in [0.29, 0.717) is 0 Å². The summed E-state index contributed by atoms with van der Waals surface area (Å²) in [6, 6.07) is 3.84. The van der Waals surface area contributed by atoms with Crippen LogP contribution in [0.5, 0.6) is 0 Å². The number of aromatic nitrogens is 4. The van der Waals surface area contributed by atoms with E-state index in [-0.39, 0.29) is 0 Å². The summed E-state index contributed by atoms with van der Waals surface area (Å²) in [5, 5.41) is 15.4. The normalized spacial score (nSPS) is 16.2. The van der Waals surface area contributed by atoms with E-state index in [0.717, 1.165) is 44.1 Å². The van der Waals surface area contributed by atoms with Gasteiger partial charge in [-0.1, -0.05) is 12.2 Å². The number of nitrogens with zero attached hydrogens (tertiary/aromatic N) is 5. The predicted molar refractivity (Wildman–Crippen MR) is 69.5 cm³/mol. The number of nitrogens with one attached hydrogen (secondary N) is 1. The Morgan fingerprint density at radius 1 is 1.28 bits per heavy atom. The maximum Gasteiger partial charge on any atom is 0.177 e. The number of fused-ring (bicyclic) bond motifs is 1. The Bertz CT molecular complexity index is 546. The van der Waals surface area contributed by atoms with Gasteiger partial charge < -0.3 is 5.32 Å². The second kappa shape index (κ2) is 5.14. The summed E-state index contributed by atoms with van der Waals surface area (Å²) in [5.74, 6) is 0.856. The highest BCUT2D eigenvalue weighted by Gasteiger charge is 2.05. The molecule has 0 fully saturated rings. The zero-order valence-electron chi connectivity index (χ0n) is 10.2. The third-order valence-electron chi connectivity index (χ3n) is 3.04. The van der Waals surface area contributed by atoms with Crippen molar-refractivity contribution in [1.29, 1.82) is 0 Å². The molecule has 18 heavy (non-hydrogen) atoms. The summed E-state index contributed by atoms with van der Waals surface area (Å²) in [5.41, 5.74) is 0.765. The monoisotopic (exact) mass is 244 g/mol. The zero-order chi connectivity index (χ0) is 12.2. The molecule has 0 unspecified atom stereocenters. The van der Waals surface area contributed by atoms with Gasteiger partial charge in [-0.2, -0.15) is 4.52 Å². The van der Waals surface area contributed by atoms with Crippen molar-refractivity contribution in [3.63, 3.8) is 0 Å². The molecular formula is C12H16N6. The molecule has 0 amide bonds. The fourth-order valence-corrected chi connectivity index (χ4v) is 2.06. The topological polar surface area (TPSA) is 58.3 Å². The highest BCUT2D eigenvalue weighted by Crippen LogP contribution is 2.04. The first kappa shape index (κ1) is 11.2. The summed E-state index contributed by atoms with van der Waals surface area (Å²) in [6.07, 6.45) is 7.23. The van der Waals surface area contributed by atoms with Crippen molar-refractivity contribution in [2.24, 2.45) is 0 Å². The minimum Gasteiger partial charge on any atom is -0.367 e. The van der Waals surface area contributed by atoms with Crippen molar-refractivity contribution in [2.45, 2.75) is 6.42 Å². The molecule has 0 aromatic carbocycles. The van der Waals surface area contributed by atoms with E-state index in [1.165, 1.54) is 0 Å². The van der Waals surface area contributed by atoms with Crippen LogP contribution in [0.1, 0.15) is 6.42 Å². The van der Waals surface area contributed by atoms with Crippen LogP contribution in [0.4, 0.5) is 5.82 Å². The fourth-order valence-electron chi connectivity index (χ4n) is 2.06. The van der Waals surface area contributed by atoms with Crippen LogP contribution in [0.3, 0.4) is 0 Å². The molecule has 0 saturated carbocycles. The van der Waals surface area contributed by atoms with Crippen molar-refractivity contribution in [1.82, 2.24) is 24.7 Å². The lowest BCUT2D eigenvalue weighted by Crippen LogP contribution is -2.32. The maximum atomic E-state index is 4.37. The largest absolute Gasteiger partial charge is 0.367 e. The minimum absolute atomic E-state index is 0.765. The van der Waals surface area contributed by atoms with E-state index < -0.39 is 0 Å². The SMILES string of the molecule is C1=CCN(CCNc2ccc3nncn3n2)CC1. The molecule has 94 valence electrons. The molecule has 0 radical (unpaired) electrons. The molecule has 0 bridgehead atoms. The van der Waals surface area contributed by atoms with Gasteiger partial charge >= 0.3 is 0 Å². The minimum atomic E-state index is 0.765. The van der Waals surface area contributed by atoms with Crippen molar-refractivity contribution >= 4 is 11.5 Å². The Hall–Kier alpha value is -1.95. The van der Waals surface area contributed by atoms with Crippen LogP contribution in [0.2, 0.25) is 0 Å². The lowest BCUT2D eigenvalue weighted by Gasteiger charge is -2.22. The molecule has 3 rings (SSSR count). The van der Waals surface area contributed by atoms with Crippen LogP contribution in [-0.2, 0) is 0 Å². The molecule has 2 aromatic rings. The Kier molecular flexibility index (Phi) is 3.18. The average molecular weight is 244 g/mol. The summed E-state index contributed by atoms with van der Waals surface area (Å²) >= 11 is 0. The van der Waals surface area contributed by atoms with Crippen molar-refractivity contribution in [3.05, 3.63) is 30.6 Å². The standard InChI is InChI=1S/C12H16N6/c1-2-7-17(8-3-1)9-6-13-11-4-5-12-15-14-10-18(12)16-11/h1-2,4-5,10H,3,6-9H2,(H,13,16). The van der Waals surface area contributed by atoms with Crippen LogP contribution in [-0.4, -0.2) is 50.9 Å². The van der Waals surface area contributed by atoms with E-state index in [1.54, 1.807) is 10.8 Å². The van der Waals surface area contributed by atoms with Crippen LogP contribution >= 0.6 is 0 Å². The third-order valence-corrected chi connectivity index (χ3v) is 3.04. The van der Waals surface area contributed by atoms with Crippen LogP contribution in [0.15, 0.2) is 30.6 Å². The molecule has 6 heteroatoms. The van der Waals surface area contributed by atoms with E-state index in [4.69, 9.17) is 0 Å². The summed E-state index contributed by atoms with van der Waals surface area (Å²) < 4.78 is 1.67. The van der Waals surface area contributed by atoms with Crippen molar-refractivity contribution < 1.29 is 0 Å². The van der Waals surface area contributed by atoms with Crippen LogP contribution in [0.25, 0.3) is 5.65 Å². The summed E-state index contributed by atoms with van der Waals surface area (Å²) in [7, 11) is 0. The lowest BCUT2D eigenvalue weighted by atomic mass is 10.2. The van der Waals surface area contributed by atoms with Gasteiger partial charge in [-0.05, 0) is 18.6 Å². The second-order valence-corrected chi connectivity index (χ2v) is 4.34. The molecule has 1 N–H and O–H groups in total. The molecule has 1 aliphatic heterocycles. The van der Waals surface area contributed by atoms with Gasteiger partial charge in [0.1, 0.15) is 12.1 Å². The number of anilines is 1. The highest BCUT2D eigenvalue weighted by molar-refractivity contribution is 5.42. The molecular weight excluding hydrogens is 228 g/mol. The van der Waals surface area contributed by atoms with Crippen molar-refractivity contribution in [2.75, 3.05) is 31.5 Å². The Morgan fingerprint density at radius 3 is 3.17 bits per heavy atom. The first-order valence-electron chi connectivity index (χ1n) is 6.20. The van der Waals surface area contributed by atoms with Gasteiger partial charge in [0, 0.05) is 26.2 Å². The third kappa shape index (κ3) is 2.48. The maximum absolute atomic E-state index is 4.37. The Balaban J connectivity index is 1.54. The Labute approximate surface area is 105 Å². The second-order valence-electron chi connectivity index (χ2n) is 4.34. The van der Waals surface area contributed by atoms with Gasteiger partial charge in [0.25, 0.3) is 0 Å².